The molecule has 2 aromatic rings. The summed E-state index contributed by atoms with van der Waals surface area (Å²) in [6, 6.07) is 7.38. The Morgan fingerprint density at radius 3 is 2.50 bits per heavy atom. The third-order valence-corrected chi connectivity index (χ3v) is 3.49. The molecule has 0 saturated heterocycles. The zero-order chi connectivity index (χ0) is 13.3. The second-order valence-electron chi connectivity index (χ2n) is 4.17. The van der Waals surface area contributed by atoms with Gasteiger partial charge in [0.05, 0.1) is 11.6 Å². The normalized spacial score (nSPS) is 12.5. The minimum absolute atomic E-state index is 0.690. The lowest BCUT2D eigenvalue weighted by Crippen LogP contribution is -2.00. The Bertz CT molecular complexity index is 560. The molecule has 0 aliphatic rings. The van der Waals surface area contributed by atoms with Crippen molar-refractivity contribution in [1.29, 1.82) is 0 Å². The van der Waals surface area contributed by atoms with Crippen molar-refractivity contribution in [2.24, 2.45) is 0 Å². The van der Waals surface area contributed by atoms with Crippen LogP contribution in [0.25, 0.3) is 0 Å². The monoisotopic (exact) mass is 310 g/mol. The fraction of sp³-hybridized carbons (Fsp3) is 0.286. The van der Waals surface area contributed by atoms with Gasteiger partial charge >= 0.3 is 0 Å². The molecule has 0 fully saturated rings. The number of furan rings is 1. The molecule has 18 heavy (non-hydrogen) atoms. The molecule has 1 N–H and O–H groups in total. The summed E-state index contributed by atoms with van der Waals surface area (Å²) in [5, 5.41) is 10.4. The van der Waals surface area contributed by atoms with Crippen LogP contribution >= 0.6 is 15.9 Å². The summed E-state index contributed by atoms with van der Waals surface area (Å²) >= 11 is 3.41. The first-order valence-corrected chi connectivity index (χ1v) is 6.40. The summed E-state index contributed by atoms with van der Waals surface area (Å²) < 4.78 is 11.4. The lowest BCUT2D eigenvalue weighted by molar-refractivity contribution is 0.217. The van der Waals surface area contributed by atoms with Gasteiger partial charge in [-0.2, -0.15) is 0 Å². The van der Waals surface area contributed by atoms with Gasteiger partial charge in [-0.3, -0.25) is 0 Å². The number of hydrogen-bond donors (Lipinski definition) is 1. The molecule has 0 bridgehead atoms. The topological polar surface area (TPSA) is 42.6 Å². The maximum absolute atomic E-state index is 10.4. The highest BCUT2D eigenvalue weighted by molar-refractivity contribution is 9.10. The molecular weight excluding hydrogens is 296 g/mol. The van der Waals surface area contributed by atoms with Crippen LogP contribution in [0.3, 0.4) is 0 Å². The first-order chi connectivity index (χ1) is 8.52. The minimum atomic E-state index is -0.690. The van der Waals surface area contributed by atoms with Crippen LogP contribution in [-0.4, -0.2) is 12.2 Å². The highest BCUT2D eigenvalue weighted by Gasteiger charge is 2.17. The van der Waals surface area contributed by atoms with Crippen LogP contribution in [0.5, 0.6) is 5.75 Å². The molecule has 4 heteroatoms. The summed E-state index contributed by atoms with van der Waals surface area (Å²) in [7, 11) is 1.61. The second kappa shape index (κ2) is 5.16. The summed E-state index contributed by atoms with van der Waals surface area (Å²) in [6.45, 7) is 3.72. The van der Waals surface area contributed by atoms with E-state index in [4.69, 9.17) is 9.15 Å². The Labute approximate surface area is 115 Å². The van der Waals surface area contributed by atoms with Gasteiger partial charge in [0.15, 0.2) is 0 Å². The smallest absolute Gasteiger partial charge is 0.133 e. The molecule has 0 spiro atoms. The summed E-state index contributed by atoms with van der Waals surface area (Å²) in [5.74, 6) is 2.28. The van der Waals surface area contributed by atoms with Gasteiger partial charge < -0.3 is 14.3 Å². The van der Waals surface area contributed by atoms with Crippen LogP contribution in [0.4, 0.5) is 0 Å². The van der Waals surface area contributed by atoms with Gasteiger partial charge in [0, 0.05) is 5.56 Å². The van der Waals surface area contributed by atoms with E-state index in [9.17, 15) is 5.11 Å². The van der Waals surface area contributed by atoms with Crippen molar-refractivity contribution in [3.8, 4) is 5.75 Å². The number of halogens is 1. The van der Waals surface area contributed by atoms with E-state index >= 15 is 0 Å². The molecule has 1 atom stereocenters. The number of methoxy groups -OCH3 is 1. The number of rotatable bonds is 3. The molecule has 1 aromatic carbocycles. The zero-order valence-electron chi connectivity index (χ0n) is 10.5. The Balaban J connectivity index is 2.37. The third-order valence-electron chi connectivity index (χ3n) is 2.87. The van der Waals surface area contributed by atoms with Gasteiger partial charge in [0.2, 0.25) is 0 Å². The van der Waals surface area contributed by atoms with Gasteiger partial charge in [-0.05, 0) is 53.5 Å². The molecular formula is C14H15BrO3. The lowest BCUT2D eigenvalue weighted by Gasteiger charge is -2.12. The van der Waals surface area contributed by atoms with E-state index in [0.29, 0.717) is 0 Å². The standard InChI is InChI=1S/C14H15BrO3/c1-8-6-11(9(2)18-8)14(16)10-4-5-13(17-3)12(15)7-10/h4-7,14,16H,1-3H3. The molecule has 0 radical (unpaired) electrons. The van der Waals surface area contributed by atoms with E-state index in [1.54, 1.807) is 7.11 Å². The van der Waals surface area contributed by atoms with Crippen LogP contribution in [0.15, 0.2) is 33.2 Å². The average molecular weight is 311 g/mol. The van der Waals surface area contributed by atoms with E-state index in [1.807, 2.05) is 38.1 Å². The fourth-order valence-corrected chi connectivity index (χ4v) is 2.51. The molecule has 3 nitrogen and oxygen atoms in total. The predicted octanol–water partition coefficient (Wildman–Crippen LogP) is 3.75. The van der Waals surface area contributed by atoms with Crippen molar-refractivity contribution in [1.82, 2.24) is 0 Å². The van der Waals surface area contributed by atoms with Crippen LogP contribution in [0.1, 0.15) is 28.8 Å². The van der Waals surface area contributed by atoms with Crippen molar-refractivity contribution in [3.05, 3.63) is 51.4 Å². The zero-order valence-corrected chi connectivity index (χ0v) is 12.1. The van der Waals surface area contributed by atoms with Crippen molar-refractivity contribution in [2.45, 2.75) is 20.0 Å². The average Bonchev–Trinajstić information content (AvgIpc) is 2.67. The second-order valence-corrected chi connectivity index (χ2v) is 5.02. The highest BCUT2D eigenvalue weighted by atomic mass is 79.9. The van der Waals surface area contributed by atoms with Crippen LogP contribution in [0, 0.1) is 13.8 Å². The van der Waals surface area contributed by atoms with E-state index in [0.717, 1.165) is 32.9 Å². The van der Waals surface area contributed by atoms with Crippen LogP contribution in [-0.2, 0) is 0 Å². The number of aliphatic hydroxyl groups excluding tert-OH is 1. The number of aryl methyl sites for hydroxylation is 2. The number of hydrogen-bond acceptors (Lipinski definition) is 3. The van der Waals surface area contributed by atoms with Crippen molar-refractivity contribution in [2.75, 3.05) is 7.11 Å². The first kappa shape index (κ1) is 13.2. The van der Waals surface area contributed by atoms with E-state index < -0.39 is 6.10 Å². The van der Waals surface area contributed by atoms with Crippen molar-refractivity contribution >= 4 is 15.9 Å². The molecule has 1 unspecified atom stereocenters. The number of ether oxygens (including phenoxy) is 1. The quantitative estimate of drug-likeness (QED) is 0.939. The Kier molecular flexibility index (Phi) is 3.78. The molecule has 0 aliphatic carbocycles. The predicted molar refractivity (Wildman–Crippen MR) is 72.9 cm³/mol. The summed E-state index contributed by atoms with van der Waals surface area (Å²) in [5.41, 5.74) is 1.59. The molecule has 1 aromatic heterocycles. The molecule has 0 amide bonds. The Hall–Kier alpha value is -1.26. The van der Waals surface area contributed by atoms with Gasteiger partial charge in [-0.15, -0.1) is 0 Å². The third kappa shape index (κ3) is 2.44. The molecule has 1 heterocycles. The number of benzene rings is 1. The van der Waals surface area contributed by atoms with Gasteiger partial charge in [0.1, 0.15) is 23.4 Å². The van der Waals surface area contributed by atoms with Gasteiger partial charge in [0.25, 0.3) is 0 Å². The highest BCUT2D eigenvalue weighted by Crippen LogP contribution is 2.32. The molecule has 0 aliphatic heterocycles. The maximum Gasteiger partial charge on any atom is 0.133 e. The lowest BCUT2D eigenvalue weighted by atomic mass is 10.0. The molecule has 2 rings (SSSR count). The van der Waals surface area contributed by atoms with Gasteiger partial charge in [-0.1, -0.05) is 6.07 Å². The van der Waals surface area contributed by atoms with Crippen molar-refractivity contribution in [3.63, 3.8) is 0 Å². The Morgan fingerprint density at radius 1 is 1.28 bits per heavy atom. The molecule has 96 valence electrons. The van der Waals surface area contributed by atoms with E-state index in [1.165, 1.54) is 0 Å². The molecule has 0 saturated carbocycles. The van der Waals surface area contributed by atoms with E-state index in [-0.39, 0.29) is 0 Å². The first-order valence-electron chi connectivity index (χ1n) is 5.61. The maximum atomic E-state index is 10.4. The van der Waals surface area contributed by atoms with E-state index in [2.05, 4.69) is 15.9 Å². The number of aliphatic hydroxyl groups is 1. The summed E-state index contributed by atoms with van der Waals surface area (Å²) in [6.07, 6.45) is -0.690. The fourth-order valence-electron chi connectivity index (χ4n) is 1.95. The minimum Gasteiger partial charge on any atom is -0.496 e. The summed E-state index contributed by atoms with van der Waals surface area (Å²) in [4.78, 5) is 0. The van der Waals surface area contributed by atoms with Crippen LogP contribution in [0.2, 0.25) is 0 Å². The van der Waals surface area contributed by atoms with Crippen molar-refractivity contribution < 1.29 is 14.3 Å². The van der Waals surface area contributed by atoms with Crippen LogP contribution < -0.4 is 4.74 Å². The Morgan fingerprint density at radius 2 is 2.00 bits per heavy atom. The largest absolute Gasteiger partial charge is 0.496 e. The SMILES string of the molecule is COc1ccc(C(O)c2cc(C)oc2C)cc1Br. The van der Waals surface area contributed by atoms with Gasteiger partial charge in [-0.25, -0.2) is 0 Å².